The van der Waals surface area contributed by atoms with E-state index < -0.39 is 11.6 Å². The maximum absolute atomic E-state index is 13.0. The highest BCUT2D eigenvalue weighted by Crippen LogP contribution is 2.44. The maximum Gasteiger partial charge on any atom is 0.339 e. The van der Waals surface area contributed by atoms with Crippen molar-refractivity contribution in [3.05, 3.63) is 29.8 Å². The van der Waals surface area contributed by atoms with Gasteiger partial charge in [-0.15, -0.1) is 0 Å². The van der Waals surface area contributed by atoms with E-state index in [-0.39, 0.29) is 23.5 Å². The quantitative estimate of drug-likeness (QED) is 0.799. The summed E-state index contributed by atoms with van der Waals surface area (Å²) in [7, 11) is 0. The Bertz CT molecular complexity index is 611. The molecule has 1 amide bonds. The molecule has 3 atom stereocenters. The van der Waals surface area contributed by atoms with Gasteiger partial charge >= 0.3 is 5.97 Å². The van der Waals surface area contributed by atoms with E-state index in [1.165, 1.54) is 24.3 Å². The molecule has 5 nitrogen and oxygen atoms in total. The van der Waals surface area contributed by atoms with Gasteiger partial charge in [-0.25, -0.2) is 4.79 Å². The van der Waals surface area contributed by atoms with Gasteiger partial charge in [0.05, 0.1) is 5.56 Å². The van der Waals surface area contributed by atoms with Gasteiger partial charge < -0.3 is 15.2 Å². The Hall–Kier alpha value is -2.04. The van der Waals surface area contributed by atoms with Gasteiger partial charge in [-0.2, -0.15) is 0 Å². The topological polar surface area (TPSA) is 75.6 Å². The van der Waals surface area contributed by atoms with Crippen molar-refractivity contribution in [2.45, 2.75) is 52.6 Å². The Kier molecular flexibility index (Phi) is 6.09. The number of carbonyl (C=O) groups is 2. The van der Waals surface area contributed by atoms with Crippen LogP contribution in [-0.4, -0.2) is 29.1 Å². The fourth-order valence-electron chi connectivity index (χ4n) is 3.90. The van der Waals surface area contributed by atoms with E-state index in [1.54, 1.807) is 0 Å². The summed E-state index contributed by atoms with van der Waals surface area (Å²) in [6.45, 7) is 8.60. The lowest BCUT2D eigenvalue weighted by atomic mass is 9.66. The van der Waals surface area contributed by atoms with Crippen LogP contribution >= 0.6 is 0 Å². The van der Waals surface area contributed by atoms with Gasteiger partial charge in [-0.1, -0.05) is 27.2 Å². The minimum absolute atomic E-state index is 0.0173. The molecule has 1 saturated carbocycles. The zero-order valence-corrected chi connectivity index (χ0v) is 15.5. The highest BCUT2D eigenvalue weighted by molar-refractivity contribution is 5.94. The summed E-state index contributed by atoms with van der Waals surface area (Å²) in [5.41, 5.74) is -0.807. The summed E-state index contributed by atoms with van der Waals surface area (Å²) in [5.74, 6) is -0.121. The zero-order chi connectivity index (χ0) is 18.6. The minimum Gasteiger partial charge on any atom is -0.508 e. The fraction of sp³-hybridized carbons (Fsp3) is 0.600. The smallest absolute Gasteiger partial charge is 0.339 e. The van der Waals surface area contributed by atoms with Gasteiger partial charge in [0.1, 0.15) is 5.75 Å². The van der Waals surface area contributed by atoms with Crippen molar-refractivity contribution in [1.82, 2.24) is 5.32 Å². The van der Waals surface area contributed by atoms with Crippen molar-refractivity contribution >= 4 is 11.9 Å². The van der Waals surface area contributed by atoms with Gasteiger partial charge in [0.15, 0.2) is 5.60 Å². The Balaban J connectivity index is 2.38. The number of likely N-dealkylation sites (N-methyl/N-ethyl adjacent to an activating group) is 1. The maximum atomic E-state index is 13.0. The van der Waals surface area contributed by atoms with Crippen molar-refractivity contribution < 1.29 is 19.4 Å². The number of nitrogens with one attached hydrogen (secondary N) is 1. The number of phenolic OH excluding ortho intramolecular Hbond substituents is 1. The largest absolute Gasteiger partial charge is 0.508 e. The first-order valence-electron chi connectivity index (χ1n) is 9.10. The molecule has 1 aromatic rings. The molecule has 25 heavy (non-hydrogen) atoms. The molecule has 1 fully saturated rings. The van der Waals surface area contributed by atoms with Crippen LogP contribution in [0.3, 0.4) is 0 Å². The number of phenols is 1. The monoisotopic (exact) mass is 347 g/mol. The number of ether oxygens (including phenoxy) is 1. The second kappa shape index (κ2) is 7.89. The lowest BCUT2D eigenvalue weighted by Gasteiger charge is -2.45. The highest BCUT2D eigenvalue weighted by Gasteiger charge is 2.53. The second-order valence-electron chi connectivity index (χ2n) is 7.42. The summed E-state index contributed by atoms with van der Waals surface area (Å²) in [5, 5.41) is 12.3. The van der Waals surface area contributed by atoms with E-state index in [2.05, 4.69) is 26.1 Å². The van der Waals surface area contributed by atoms with Crippen molar-refractivity contribution in [1.29, 1.82) is 0 Å². The molecule has 0 bridgehead atoms. The standard InChI is InChI=1S/C20H29NO4/c1-5-21-19(24)20(12-14(4)6-11-17(20)13(2)3)25-18(23)15-7-9-16(22)10-8-15/h7-10,13-14,17,22H,5-6,11-12H2,1-4H3,(H,21,24). The van der Waals surface area contributed by atoms with Crippen LogP contribution in [0, 0.1) is 17.8 Å². The van der Waals surface area contributed by atoms with E-state index in [9.17, 15) is 14.7 Å². The Morgan fingerprint density at radius 1 is 1.28 bits per heavy atom. The van der Waals surface area contributed by atoms with Crippen LogP contribution < -0.4 is 5.32 Å². The molecule has 0 aliphatic heterocycles. The summed E-state index contributed by atoms with van der Waals surface area (Å²) in [6.07, 6.45) is 2.42. The van der Waals surface area contributed by atoms with Crippen molar-refractivity contribution in [3.63, 3.8) is 0 Å². The normalized spacial score (nSPS) is 26.3. The van der Waals surface area contributed by atoms with Gasteiger partial charge in [-0.3, -0.25) is 4.79 Å². The molecule has 0 aromatic heterocycles. The Labute approximate surface area is 149 Å². The van der Waals surface area contributed by atoms with Crippen LogP contribution in [-0.2, 0) is 9.53 Å². The predicted octanol–water partition coefficient (Wildman–Crippen LogP) is 3.52. The average molecular weight is 347 g/mol. The fourth-order valence-corrected chi connectivity index (χ4v) is 3.90. The SMILES string of the molecule is CCNC(=O)C1(OC(=O)c2ccc(O)cc2)CC(C)CCC1C(C)C. The number of hydrogen-bond donors (Lipinski definition) is 2. The van der Waals surface area contributed by atoms with Crippen LogP contribution in [0.15, 0.2) is 24.3 Å². The van der Waals surface area contributed by atoms with Crippen LogP contribution in [0.25, 0.3) is 0 Å². The Morgan fingerprint density at radius 2 is 1.92 bits per heavy atom. The number of hydrogen-bond acceptors (Lipinski definition) is 4. The summed E-state index contributed by atoms with van der Waals surface area (Å²) >= 11 is 0. The zero-order valence-electron chi connectivity index (χ0n) is 15.5. The number of rotatable bonds is 5. The predicted molar refractivity (Wildman–Crippen MR) is 96.3 cm³/mol. The molecule has 0 saturated heterocycles. The average Bonchev–Trinajstić information content (AvgIpc) is 2.55. The van der Waals surface area contributed by atoms with Crippen molar-refractivity contribution in [2.75, 3.05) is 6.54 Å². The van der Waals surface area contributed by atoms with E-state index >= 15 is 0 Å². The third kappa shape index (κ3) is 4.14. The molecule has 138 valence electrons. The molecule has 2 rings (SSSR count). The third-order valence-electron chi connectivity index (χ3n) is 5.13. The van der Waals surface area contributed by atoms with E-state index in [0.717, 1.165) is 12.8 Å². The molecule has 1 aromatic carbocycles. The molecule has 1 aliphatic carbocycles. The van der Waals surface area contributed by atoms with E-state index in [4.69, 9.17) is 4.74 Å². The number of amides is 1. The molecule has 1 aliphatic rings. The lowest BCUT2D eigenvalue weighted by Crippen LogP contribution is -2.58. The van der Waals surface area contributed by atoms with Crippen LogP contribution in [0.4, 0.5) is 0 Å². The molecular formula is C20H29NO4. The van der Waals surface area contributed by atoms with Crippen LogP contribution in [0.2, 0.25) is 0 Å². The van der Waals surface area contributed by atoms with Crippen LogP contribution in [0.1, 0.15) is 57.3 Å². The van der Waals surface area contributed by atoms with Crippen molar-refractivity contribution in [3.8, 4) is 5.75 Å². The third-order valence-corrected chi connectivity index (χ3v) is 5.13. The molecule has 2 N–H and O–H groups in total. The van der Waals surface area contributed by atoms with Gasteiger partial charge in [0, 0.05) is 12.5 Å². The first-order valence-corrected chi connectivity index (χ1v) is 9.10. The van der Waals surface area contributed by atoms with E-state index in [0.29, 0.717) is 24.4 Å². The Morgan fingerprint density at radius 3 is 2.48 bits per heavy atom. The van der Waals surface area contributed by atoms with Gasteiger partial charge in [0.2, 0.25) is 0 Å². The van der Waals surface area contributed by atoms with Gasteiger partial charge in [-0.05, 0) is 55.9 Å². The molecule has 5 heteroatoms. The lowest BCUT2D eigenvalue weighted by molar-refractivity contribution is -0.157. The number of aromatic hydroxyl groups is 1. The molecule has 0 heterocycles. The first-order chi connectivity index (χ1) is 11.8. The number of carbonyl (C=O) groups excluding carboxylic acids is 2. The molecular weight excluding hydrogens is 318 g/mol. The minimum atomic E-state index is -1.14. The molecule has 3 unspecified atom stereocenters. The second-order valence-corrected chi connectivity index (χ2v) is 7.42. The summed E-state index contributed by atoms with van der Waals surface area (Å²) < 4.78 is 5.93. The van der Waals surface area contributed by atoms with E-state index in [1.807, 2.05) is 6.92 Å². The summed E-state index contributed by atoms with van der Waals surface area (Å²) in [6, 6.07) is 5.91. The highest BCUT2D eigenvalue weighted by atomic mass is 16.6. The number of benzene rings is 1. The molecule has 0 radical (unpaired) electrons. The first kappa shape index (κ1) is 19.3. The van der Waals surface area contributed by atoms with Crippen molar-refractivity contribution in [2.24, 2.45) is 17.8 Å². The summed E-state index contributed by atoms with van der Waals surface area (Å²) in [4.78, 5) is 25.7. The number of esters is 1. The molecule has 0 spiro atoms. The van der Waals surface area contributed by atoms with Crippen LogP contribution in [0.5, 0.6) is 5.75 Å². The van der Waals surface area contributed by atoms with Gasteiger partial charge in [0.25, 0.3) is 5.91 Å².